The number of hydrogen-bond donors (Lipinski definition) is 1. The second-order valence-corrected chi connectivity index (χ2v) is 8.24. The lowest BCUT2D eigenvalue weighted by atomic mass is 10.1. The van der Waals surface area contributed by atoms with E-state index in [-0.39, 0.29) is 5.91 Å². The minimum Gasteiger partial charge on any atom is -0.497 e. The third-order valence-electron chi connectivity index (χ3n) is 3.88. The van der Waals surface area contributed by atoms with Crippen molar-refractivity contribution in [2.24, 2.45) is 0 Å². The number of ether oxygens (including phenoxy) is 2. The van der Waals surface area contributed by atoms with E-state index in [0.29, 0.717) is 28.0 Å². The SMILES string of the molecule is COc1ccc(OC)c(-c2csc(NC(=O)c3csc(-c4cccs4)n3)n2)c1. The summed E-state index contributed by atoms with van der Waals surface area (Å²) >= 11 is 4.39. The summed E-state index contributed by atoms with van der Waals surface area (Å²) in [5.41, 5.74) is 1.88. The number of carbonyl (C=O) groups is 1. The fraction of sp³-hybridized carbons (Fsp3) is 0.105. The zero-order valence-corrected chi connectivity index (χ0v) is 17.4. The van der Waals surface area contributed by atoms with Gasteiger partial charge in [-0.05, 0) is 29.6 Å². The summed E-state index contributed by atoms with van der Waals surface area (Å²) in [7, 11) is 3.21. The number of thiazole rings is 2. The van der Waals surface area contributed by atoms with Crippen LogP contribution in [-0.2, 0) is 0 Å². The largest absolute Gasteiger partial charge is 0.497 e. The lowest BCUT2D eigenvalue weighted by molar-refractivity contribution is 0.102. The molecule has 1 aromatic carbocycles. The lowest BCUT2D eigenvalue weighted by Crippen LogP contribution is -2.12. The molecule has 3 aromatic heterocycles. The van der Waals surface area contributed by atoms with Crippen LogP contribution >= 0.6 is 34.0 Å². The molecule has 1 amide bonds. The van der Waals surface area contributed by atoms with Crippen LogP contribution < -0.4 is 14.8 Å². The van der Waals surface area contributed by atoms with Gasteiger partial charge in [-0.15, -0.1) is 34.0 Å². The van der Waals surface area contributed by atoms with Gasteiger partial charge in [0.15, 0.2) is 5.13 Å². The van der Waals surface area contributed by atoms with Crippen molar-refractivity contribution in [3.63, 3.8) is 0 Å². The standard InChI is InChI=1S/C19H15N3O3S3/c1-24-11-5-6-15(25-2)12(8-11)13-9-28-19(21-13)22-17(23)14-10-27-18(20-14)16-4-3-7-26-16/h3-10H,1-2H3,(H,21,22,23). The van der Waals surface area contributed by atoms with E-state index >= 15 is 0 Å². The molecule has 0 aliphatic carbocycles. The topological polar surface area (TPSA) is 73.3 Å². The van der Waals surface area contributed by atoms with Gasteiger partial charge in [-0.3, -0.25) is 10.1 Å². The van der Waals surface area contributed by atoms with Crippen LogP contribution in [0.15, 0.2) is 46.5 Å². The Balaban J connectivity index is 1.53. The first-order valence-corrected chi connectivity index (χ1v) is 10.8. The van der Waals surface area contributed by atoms with Crippen LogP contribution in [0.2, 0.25) is 0 Å². The lowest BCUT2D eigenvalue weighted by Gasteiger charge is -2.08. The molecular formula is C19H15N3O3S3. The number of nitrogens with one attached hydrogen (secondary N) is 1. The van der Waals surface area contributed by atoms with Gasteiger partial charge in [0.25, 0.3) is 5.91 Å². The molecule has 28 heavy (non-hydrogen) atoms. The molecule has 0 saturated carbocycles. The maximum Gasteiger partial charge on any atom is 0.276 e. The Morgan fingerprint density at radius 1 is 1.04 bits per heavy atom. The minimum absolute atomic E-state index is 0.280. The molecule has 1 N–H and O–H groups in total. The zero-order chi connectivity index (χ0) is 19.5. The van der Waals surface area contributed by atoms with Gasteiger partial charge in [-0.1, -0.05) is 6.07 Å². The summed E-state index contributed by atoms with van der Waals surface area (Å²) in [5.74, 6) is 1.11. The van der Waals surface area contributed by atoms with E-state index in [1.165, 1.54) is 22.7 Å². The van der Waals surface area contributed by atoms with Gasteiger partial charge >= 0.3 is 0 Å². The van der Waals surface area contributed by atoms with Crippen LogP contribution in [0.1, 0.15) is 10.5 Å². The quantitative estimate of drug-likeness (QED) is 0.452. The molecule has 3 heterocycles. The molecular weight excluding hydrogens is 414 g/mol. The molecule has 0 atom stereocenters. The van der Waals surface area contributed by atoms with Crippen molar-refractivity contribution in [3.05, 3.63) is 52.2 Å². The number of amides is 1. The first-order chi connectivity index (χ1) is 13.7. The molecule has 0 bridgehead atoms. The van der Waals surface area contributed by atoms with E-state index in [1.54, 1.807) is 30.9 Å². The van der Waals surface area contributed by atoms with E-state index in [9.17, 15) is 4.79 Å². The van der Waals surface area contributed by atoms with Gasteiger partial charge in [0, 0.05) is 16.3 Å². The monoisotopic (exact) mass is 429 g/mol. The Morgan fingerprint density at radius 2 is 1.93 bits per heavy atom. The van der Waals surface area contributed by atoms with Gasteiger partial charge in [0.05, 0.1) is 24.8 Å². The summed E-state index contributed by atoms with van der Waals surface area (Å²) in [6.45, 7) is 0. The zero-order valence-electron chi connectivity index (χ0n) is 15.0. The number of carbonyl (C=O) groups excluding carboxylic acids is 1. The van der Waals surface area contributed by atoms with Crippen molar-refractivity contribution in [2.75, 3.05) is 19.5 Å². The number of hydrogen-bond acceptors (Lipinski definition) is 8. The first kappa shape index (κ1) is 18.6. The van der Waals surface area contributed by atoms with Crippen molar-refractivity contribution in [3.8, 4) is 32.6 Å². The fourth-order valence-electron chi connectivity index (χ4n) is 2.52. The van der Waals surface area contributed by atoms with E-state index in [0.717, 1.165) is 15.4 Å². The number of thiophene rings is 1. The molecule has 6 nitrogen and oxygen atoms in total. The van der Waals surface area contributed by atoms with Crippen LogP contribution in [0.25, 0.3) is 21.1 Å². The molecule has 4 rings (SSSR count). The van der Waals surface area contributed by atoms with E-state index in [2.05, 4.69) is 15.3 Å². The second kappa shape index (κ2) is 8.09. The van der Waals surface area contributed by atoms with Crippen LogP contribution in [-0.4, -0.2) is 30.1 Å². The van der Waals surface area contributed by atoms with Crippen molar-refractivity contribution < 1.29 is 14.3 Å². The molecule has 4 aromatic rings. The molecule has 0 saturated heterocycles. The van der Waals surface area contributed by atoms with Gasteiger partial charge < -0.3 is 9.47 Å². The number of anilines is 1. The van der Waals surface area contributed by atoms with Crippen LogP contribution in [0, 0.1) is 0 Å². The van der Waals surface area contributed by atoms with Crippen molar-refractivity contribution in [1.29, 1.82) is 0 Å². The number of nitrogens with zero attached hydrogens (tertiary/aromatic N) is 2. The maximum absolute atomic E-state index is 12.5. The highest BCUT2D eigenvalue weighted by Crippen LogP contribution is 2.35. The Morgan fingerprint density at radius 3 is 2.68 bits per heavy atom. The van der Waals surface area contributed by atoms with E-state index in [1.807, 2.05) is 41.1 Å². The average molecular weight is 430 g/mol. The molecule has 0 aliphatic heterocycles. The summed E-state index contributed by atoms with van der Waals surface area (Å²) in [6.07, 6.45) is 0. The highest BCUT2D eigenvalue weighted by atomic mass is 32.1. The molecule has 0 aliphatic rings. The maximum atomic E-state index is 12.5. The molecule has 0 radical (unpaired) electrons. The van der Waals surface area contributed by atoms with Crippen molar-refractivity contribution in [2.45, 2.75) is 0 Å². The summed E-state index contributed by atoms with van der Waals surface area (Å²) < 4.78 is 10.7. The normalized spacial score (nSPS) is 10.6. The second-order valence-electron chi connectivity index (χ2n) is 5.57. The van der Waals surface area contributed by atoms with Gasteiger partial charge in [0.2, 0.25) is 0 Å². The predicted molar refractivity (Wildman–Crippen MR) is 114 cm³/mol. The molecule has 0 unspecified atom stereocenters. The van der Waals surface area contributed by atoms with Crippen molar-refractivity contribution in [1.82, 2.24) is 9.97 Å². The first-order valence-electron chi connectivity index (χ1n) is 8.16. The van der Waals surface area contributed by atoms with Crippen LogP contribution in [0.5, 0.6) is 11.5 Å². The van der Waals surface area contributed by atoms with Gasteiger partial charge in [0.1, 0.15) is 22.2 Å². The van der Waals surface area contributed by atoms with Crippen molar-refractivity contribution >= 4 is 45.0 Å². The molecule has 142 valence electrons. The summed E-state index contributed by atoms with van der Waals surface area (Å²) in [6, 6.07) is 9.45. The van der Waals surface area contributed by atoms with E-state index < -0.39 is 0 Å². The fourth-order valence-corrected chi connectivity index (χ4v) is 4.84. The Labute approximate surface area is 173 Å². The highest BCUT2D eigenvalue weighted by molar-refractivity contribution is 7.20. The van der Waals surface area contributed by atoms with Gasteiger partial charge in [-0.25, -0.2) is 9.97 Å². The van der Waals surface area contributed by atoms with Crippen LogP contribution in [0.4, 0.5) is 5.13 Å². The minimum atomic E-state index is -0.280. The number of rotatable bonds is 6. The number of aromatic nitrogens is 2. The molecule has 9 heteroatoms. The Bertz CT molecular complexity index is 1100. The van der Waals surface area contributed by atoms with E-state index in [4.69, 9.17) is 9.47 Å². The average Bonchev–Trinajstić information content (AvgIpc) is 3.48. The highest BCUT2D eigenvalue weighted by Gasteiger charge is 2.16. The Kier molecular flexibility index (Phi) is 5.38. The third kappa shape index (κ3) is 3.77. The molecule has 0 spiro atoms. The van der Waals surface area contributed by atoms with Gasteiger partial charge in [-0.2, -0.15) is 0 Å². The number of benzene rings is 1. The third-order valence-corrected chi connectivity index (χ3v) is 6.52. The smallest absolute Gasteiger partial charge is 0.276 e. The summed E-state index contributed by atoms with van der Waals surface area (Å²) in [4.78, 5) is 22.5. The number of methoxy groups -OCH3 is 2. The Hall–Kier alpha value is -2.75. The molecule has 0 fully saturated rings. The van der Waals surface area contributed by atoms with Crippen LogP contribution in [0.3, 0.4) is 0 Å². The summed E-state index contributed by atoms with van der Waals surface area (Å²) in [5, 5.41) is 9.75. The predicted octanol–water partition coefficient (Wildman–Crippen LogP) is 5.26.